The molecular formula is C10H9ClN2S2. The number of thiazole rings is 1. The Bertz CT molecular complexity index is 456. The molecule has 0 fully saturated rings. The van der Waals surface area contributed by atoms with Crippen LogP contribution in [0.15, 0.2) is 28.7 Å². The van der Waals surface area contributed by atoms with Crippen molar-refractivity contribution in [2.45, 2.75) is 17.7 Å². The monoisotopic (exact) mass is 256 g/mol. The van der Waals surface area contributed by atoms with Crippen molar-refractivity contribution in [3.63, 3.8) is 0 Å². The molecule has 0 aliphatic carbocycles. The summed E-state index contributed by atoms with van der Waals surface area (Å²) in [6.07, 6.45) is 1.81. The normalized spacial score (nSPS) is 10.5. The van der Waals surface area contributed by atoms with Gasteiger partial charge in [0.05, 0.1) is 10.7 Å². The quantitative estimate of drug-likeness (QED) is 0.782. The van der Waals surface area contributed by atoms with Crippen LogP contribution < -0.4 is 0 Å². The van der Waals surface area contributed by atoms with E-state index in [1.807, 2.05) is 17.6 Å². The van der Waals surface area contributed by atoms with Crippen LogP contribution in [0.2, 0.25) is 4.47 Å². The van der Waals surface area contributed by atoms with E-state index in [9.17, 15) is 0 Å². The lowest BCUT2D eigenvalue weighted by Crippen LogP contribution is -1.86. The maximum atomic E-state index is 5.76. The third kappa shape index (κ3) is 2.93. The number of pyridine rings is 1. The fourth-order valence-electron chi connectivity index (χ4n) is 1.11. The number of hydrogen-bond acceptors (Lipinski definition) is 4. The molecule has 78 valence electrons. The standard InChI is InChI=1S/C10H9ClN2S2/c1-7-3-2-4-12-9(7)14-5-8-6-15-10(11)13-8/h2-4,6H,5H2,1H3. The molecule has 0 amide bonds. The molecule has 0 bridgehead atoms. The highest BCUT2D eigenvalue weighted by Gasteiger charge is 2.03. The van der Waals surface area contributed by atoms with Crippen molar-refractivity contribution in [1.82, 2.24) is 9.97 Å². The van der Waals surface area contributed by atoms with E-state index in [1.54, 1.807) is 11.8 Å². The van der Waals surface area contributed by atoms with Crippen molar-refractivity contribution in [2.75, 3.05) is 0 Å². The zero-order chi connectivity index (χ0) is 10.7. The third-order valence-electron chi connectivity index (χ3n) is 1.84. The summed E-state index contributed by atoms with van der Waals surface area (Å²) in [6.45, 7) is 2.06. The lowest BCUT2D eigenvalue weighted by Gasteiger charge is -2.01. The van der Waals surface area contributed by atoms with Crippen LogP contribution in [-0.2, 0) is 5.75 Å². The molecule has 0 atom stereocenters. The van der Waals surface area contributed by atoms with Crippen molar-refractivity contribution in [3.8, 4) is 0 Å². The van der Waals surface area contributed by atoms with Gasteiger partial charge in [-0.05, 0) is 18.6 Å². The van der Waals surface area contributed by atoms with Crippen molar-refractivity contribution in [3.05, 3.63) is 39.4 Å². The smallest absolute Gasteiger partial charge is 0.183 e. The van der Waals surface area contributed by atoms with E-state index in [4.69, 9.17) is 11.6 Å². The Morgan fingerprint density at radius 3 is 3.07 bits per heavy atom. The number of aryl methyl sites for hydroxylation is 1. The number of rotatable bonds is 3. The van der Waals surface area contributed by atoms with Gasteiger partial charge in [0.2, 0.25) is 0 Å². The van der Waals surface area contributed by atoms with Crippen LogP contribution in [0.1, 0.15) is 11.3 Å². The van der Waals surface area contributed by atoms with Crippen LogP contribution in [0.4, 0.5) is 0 Å². The van der Waals surface area contributed by atoms with E-state index in [-0.39, 0.29) is 0 Å². The first-order chi connectivity index (χ1) is 7.25. The summed E-state index contributed by atoms with van der Waals surface area (Å²) in [7, 11) is 0. The molecule has 2 aromatic heterocycles. The average Bonchev–Trinajstić information content (AvgIpc) is 2.63. The molecule has 2 aromatic rings. The number of nitrogens with zero attached hydrogens (tertiary/aromatic N) is 2. The molecule has 0 saturated heterocycles. The first-order valence-corrected chi connectivity index (χ1v) is 6.64. The fraction of sp³-hybridized carbons (Fsp3) is 0.200. The summed E-state index contributed by atoms with van der Waals surface area (Å²) in [5.41, 5.74) is 2.21. The van der Waals surface area contributed by atoms with E-state index in [0.29, 0.717) is 4.47 Å². The largest absolute Gasteiger partial charge is 0.250 e. The maximum absolute atomic E-state index is 5.76. The molecule has 15 heavy (non-hydrogen) atoms. The van der Waals surface area contributed by atoms with Gasteiger partial charge in [-0.3, -0.25) is 0 Å². The number of aromatic nitrogens is 2. The van der Waals surface area contributed by atoms with Gasteiger partial charge in [0, 0.05) is 17.3 Å². The summed E-state index contributed by atoms with van der Waals surface area (Å²) < 4.78 is 0.600. The minimum Gasteiger partial charge on any atom is -0.250 e. The van der Waals surface area contributed by atoms with Crippen LogP contribution in [0.3, 0.4) is 0 Å². The molecule has 0 radical (unpaired) electrons. The molecule has 0 N–H and O–H groups in total. The van der Waals surface area contributed by atoms with Gasteiger partial charge in [-0.15, -0.1) is 11.3 Å². The van der Waals surface area contributed by atoms with Gasteiger partial charge in [0.1, 0.15) is 0 Å². The Hall–Kier alpha value is -0.580. The molecule has 2 nitrogen and oxygen atoms in total. The first-order valence-electron chi connectivity index (χ1n) is 4.40. The summed E-state index contributed by atoms with van der Waals surface area (Å²) in [6, 6.07) is 4.00. The van der Waals surface area contributed by atoms with Gasteiger partial charge in [-0.1, -0.05) is 29.4 Å². The topological polar surface area (TPSA) is 25.8 Å². The van der Waals surface area contributed by atoms with Crippen LogP contribution in [-0.4, -0.2) is 9.97 Å². The van der Waals surface area contributed by atoms with E-state index in [0.717, 1.165) is 16.5 Å². The summed E-state index contributed by atoms with van der Waals surface area (Å²) in [4.78, 5) is 8.50. The number of hydrogen-bond donors (Lipinski definition) is 0. The van der Waals surface area contributed by atoms with E-state index in [1.165, 1.54) is 16.9 Å². The maximum Gasteiger partial charge on any atom is 0.183 e. The minimum atomic E-state index is 0.600. The van der Waals surface area contributed by atoms with Gasteiger partial charge < -0.3 is 0 Å². The summed E-state index contributed by atoms with van der Waals surface area (Å²) in [5.74, 6) is 0.821. The van der Waals surface area contributed by atoms with E-state index >= 15 is 0 Å². The van der Waals surface area contributed by atoms with Crippen LogP contribution in [0.25, 0.3) is 0 Å². The highest BCUT2D eigenvalue weighted by atomic mass is 35.5. The Balaban J connectivity index is 2.02. The zero-order valence-electron chi connectivity index (χ0n) is 8.11. The Morgan fingerprint density at radius 1 is 1.53 bits per heavy atom. The Labute approximate surface area is 102 Å². The van der Waals surface area contributed by atoms with Crippen molar-refractivity contribution in [2.24, 2.45) is 0 Å². The van der Waals surface area contributed by atoms with Gasteiger partial charge in [-0.25, -0.2) is 9.97 Å². The van der Waals surface area contributed by atoms with Crippen LogP contribution in [0.5, 0.6) is 0 Å². The van der Waals surface area contributed by atoms with Crippen molar-refractivity contribution < 1.29 is 0 Å². The van der Waals surface area contributed by atoms with Crippen LogP contribution >= 0.6 is 34.7 Å². The first kappa shape index (κ1) is 10.9. The number of thioether (sulfide) groups is 1. The molecule has 2 heterocycles. The fourth-order valence-corrected chi connectivity index (χ4v) is 2.86. The second-order valence-corrected chi connectivity index (χ2v) is 5.41. The van der Waals surface area contributed by atoms with Crippen molar-refractivity contribution in [1.29, 1.82) is 0 Å². The molecule has 2 rings (SSSR count). The minimum absolute atomic E-state index is 0.600. The summed E-state index contributed by atoms with van der Waals surface area (Å²) >= 11 is 8.91. The van der Waals surface area contributed by atoms with Crippen molar-refractivity contribution >= 4 is 34.7 Å². The second-order valence-electron chi connectivity index (χ2n) is 3.01. The zero-order valence-corrected chi connectivity index (χ0v) is 10.5. The van der Waals surface area contributed by atoms with E-state index < -0.39 is 0 Å². The highest BCUT2D eigenvalue weighted by molar-refractivity contribution is 7.98. The third-order valence-corrected chi connectivity index (χ3v) is 4.01. The molecular weight excluding hydrogens is 248 g/mol. The molecule has 0 aliphatic heterocycles. The lowest BCUT2D eigenvalue weighted by atomic mass is 10.3. The van der Waals surface area contributed by atoms with Crippen LogP contribution in [0, 0.1) is 6.92 Å². The van der Waals surface area contributed by atoms with Gasteiger partial charge in [-0.2, -0.15) is 0 Å². The predicted molar refractivity (Wildman–Crippen MR) is 65.7 cm³/mol. The van der Waals surface area contributed by atoms with Gasteiger partial charge in [0.15, 0.2) is 4.47 Å². The highest BCUT2D eigenvalue weighted by Crippen LogP contribution is 2.25. The molecule has 0 unspecified atom stereocenters. The molecule has 0 spiro atoms. The Morgan fingerprint density at radius 2 is 2.40 bits per heavy atom. The van der Waals surface area contributed by atoms with E-state index in [2.05, 4.69) is 23.0 Å². The molecule has 0 saturated carbocycles. The second kappa shape index (κ2) is 4.96. The molecule has 5 heteroatoms. The number of halogens is 1. The van der Waals surface area contributed by atoms with Gasteiger partial charge >= 0.3 is 0 Å². The average molecular weight is 257 g/mol. The summed E-state index contributed by atoms with van der Waals surface area (Å²) in [5, 5.41) is 3.04. The SMILES string of the molecule is Cc1cccnc1SCc1csc(Cl)n1. The predicted octanol–water partition coefficient (Wildman–Crippen LogP) is 3.79. The molecule has 0 aromatic carbocycles. The molecule has 0 aliphatic rings. The Kier molecular flexibility index (Phi) is 3.61. The lowest BCUT2D eigenvalue weighted by molar-refractivity contribution is 1.07. The van der Waals surface area contributed by atoms with Gasteiger partial charge in [0.25, 0.3) is 0 Å².